The summed E-state index contributed by atoms with van der Waals surface area (Å²) in [5.74, 6) is 1.40. The summed E-state index contributed by atoms with van der Waals surface area (Å²) < 4.78 is 21.2. The quantitative estimate of drug-likeness (QED) is 0.560. The van der Waals surface area contributed by atoms with Gasteiger partial charge in [-0.15, -0.1) is 0 Å². The molecule has 0 aliphatic carbocycles. The van der Waals surface area contributed by atoms with E-state index >= 15 is 0 Å². The fourth-order valence-corrected chi connectivity index (χ4v) is 2.62. The minimum Gasteiger partial charge on any atom is -0.492 e. The zero-order chi connectivity index (χ0) is 17.9. The Kier molecular flexibility index (Phi) is 4.18. The number of nitrogens with one attached hydrogen (secondary N) is 1. The van der Waals surface area contributed by atoms with Gasteiger partial charge in [0.2, 0.25) is 6.79 Å². The van der Waals surface area contributed by atoms with Crippen molar-refractivity contribution in [1.82, 2.24) is 5.32 Å². The van der Waals surface area contributed by atoms with Crippen molar-refractivity contribution in [2.75, 3.05) is 19.9 Å². The number of ether oxygens (including phenoxy) is 3. The molecule has 0 radical (unpaired) electrons. The van der Waals surface area contributed by atoms with Crippen LogP contribution < -0.4 is 25.2 Å². The molecule has 0 atom stereocenters. The Morgan fingerprint density at radius 3 is 2.85 bits per heavy atom. The zero-order valence-electron chi connectivity index (χ0n) is 13.7. The Morgan fingerprint density at radius 2 is 1.92 bits per heavy atom. The van der Waals surface area contributed by atoms with Gasteiger partial charge in [-0.1, -0.05) is 18.2 Å². The number of carbonyl (C=O) groups is 1. The summed E-state index contributed by atoms with van der Waals surface area (Å²) in [5, 5.41) is 3.34. The molecular weight excluding hydrogens is 338 g/mol. The Labute approximate surface area is 148 Å². The van der Waals surface area contributed by atoms with Crippen LogP contribution in [0, 0.1) is 0 Å². The monoisotopic (exact) mass is 353 g/mol. The number of rotatable bonds is 5. The predicted molar refractivity (Wildman–Crippen MR) is 92.9 cm³/mol. The molecule has 1 amide bonds. The average Bonchev–Trinajstić information content (AvgIpc) is 3.12. The average molecular weight is 353 g/mol. The number of amides is 1. The molecule has 1 aliphatic heterocycles. The van der Waals surface area contributed by atoms with Gasteiger partial charge in [0.1, 0.15) is 23.5 Å². The van der Waals surface area contributed by atoms with Crippen molar-refractivity contribution in [3.63, 3.8) is 0 Å². The van der Waals surface area contributed by atoms with Crippen LogP contribution in [0.1, 0.15) is 10.4 Å². The third-order valence-electron chi connectivity index (χ3n) is 3.89. The van der Waals surface area contributed by atoms with Gasteiger partial charge >= 0.3 is 5.63 Å². The van der Waals surface area contributed by atoms with Crippen molar-refractivity contribution in [3.05, 3.63) is 64.5 Å². The molecule has 7 heteroatoms. The summed E-state index contributed by atoms with van der Waals surface area (Å²) in [5.41, 5.74) is -0.259. The fourth-order valence-electron chi connectivity index (χ4n) is 2.62. The maximum absolute atomic E-state index is 12.2. The molecule has 2 aromatic carbocycles. The van der Waals surface area contributed by atoms with Crippen molar-refractivity contribution < 1.29 is 23.4 Å². The first kappa shape index (κ1) is 16.0. The number of para-hydroxylation sites is 1. The molecule has 1 aliphatic rings. The number of hydrogen-bond donors (Lipinski definition) is 1. The van der Waals surface area contributed by atoms with E-state index in [0.29, 0.717) is 28.2 Å². The SMILES string of the molecule is O=C(NCCOc1ccc2c(c1)OCO2)c1cc2ccccc2oc1=O. The molecule has 0 saturated heterocycles. The minimum atomic E-state index is -0.669. The van der Waals surface area contributed by atoms with E-state index in [1.807, 2.05) is 6.07 Å². The van der Waals surface area contributed by atoms with Crippen molar-refractivity contribution >= 4 is 16.9 Å². The molecule has 1 N–H and O–H groups in total. The summed E-state index contributed by atoms with van der Waals surface area (Å²) in [6.45, 7) is 0.674. The molecule has 0 unspecified atom stereocenters. The molecule has 0 fully saturated rings. The van der Waals surface area contributed by atoms with Gasteiger partial charge in [-0.05, 0) is 24.3 Å². The van der Waals surface area contributed by atoms with Crippen LogP contribution >= 0.6 is 0 Å². The highest BCUT2D eigenvalue weighted by Crippen LogP contribution is 2.34. The third-order valence-corrected chi connectivity index (χ3v) is 3.89. The van der Waals surface area contributed by atoms with E-state index in [1.54, 1.807) is 36.4 Å². The molecule has 1 aromatic heterocycles. The molecule has 0 spiro atoms. The van der Waals surface area contributed by atoms with Crippen LogP contribution in [-0.2, 0) is 0 Å². The maximum atomic E-state index is 12.2. The number of fused-ring (bicyclic) bond motifs is 2. The number of benzene rings is 2. The second kappa shape index (κ2) is 6.79. The summed E-state index contributed by atoms with van der Waals surface area (Å²) >= 11 is 0. The zero-order valence-corrected chi connectivity index (χ0v) is 13.7. The normalized spacial score (nSPS) is 12.2. The predicted octanol–water partition coefficient (Wildman–Crippen LogP) is 2.33. The van der Waals surface area contributed by atoms with Gasteiger partial charge in [0.25, 0.3) is 5.91 Å². The lowest BCUT2D eigenvalue weighted by molar-refractivity contribution is 0.0943. The second-order valence-electron chi connectivity index (χ2n) is 5.60. The minimum absolute atomic E-state index is 0.0354. The highest BCUT2D eigenvalue weighted by Gasteiger charge is 2.15. The molecule has 0 saturated carbocycles. The Balaban J connectivity index is 1.35. The molecule has 2 heterocycles. The standard InChI is InChI=1S/C19H15NO6/c21-18(14-9-12-3-1-2-4-15(12)26-19(14)22)20-7-8-23-13-5-6-16-17(10-13)25-11-24-16/h1-6,9-10H,7-8,11H2,(H,20,21). The Hall–Kier alpha value is -3.48. The van der Waals surface area contributed by atoms with Crippen molar-refractivity contribution in [1.29, 1.82) is 0 Å². The summed E-state index contributed by atoms with van der Waals surface area (Å²) in [7, 11) is 0. The summed E-state index contributed by atoms with van der Waals surface area (Å²) in [6.07, 6.45) is 0. The van der Waals surface area contributed by atoms with Crippen LogP contribution in [0.2, 0.25) is 0 Å². The van der Waals surface area contributed by atoms with Crippen LogP contribution in [0.15, 0.2) is 57.7 Å². The first-order valence-electron chi connectivity index (χ1n) is 8.04. The van der Waals surface area contributed by atoms with Gasteiger partial charge in [-0.25, -0.2) is 4.79 Å². The van der Waals surface area contributed by atoms with Crippen LogP contribution in [0.5, 0.6) is 17.2 Å². The smallest absolute Gasteiger partial charge is 0.349 e. The van der Waals surface area contributed by atoms with Gasteiger partial charge in [-0.2, -0.15) is 0 Å². The lowest BCUT2D eigenvalue weighted by Crippen LogP contribution is -2.31. The maximum Gasteiger partial charge on any atom is 0.349 e. The summed E-state index contributed by atoms with van der Waals surface area (Å²) in [6, 6.07) is 13.8. The third kappa shape index (κ3) is 3.19. The molecule has 7 nitrogen and oxygen atoms in total. The van der Waals surface area contributed by atoms with Gasteiger partial charge < -0.3 is 23.9 Å². The van der Waals surface area contributed by atoms with Crippen LogP contribution in [0.25, 0.3) is 11.0 Å². The van der Waals surface area contributed by atoms with E-state index in [0.717, 1.165) is 0 Å². The first-order valence-corrected chi connectivity index (χ1v) is 8.04. The largest absolute Gasteiger partial charge is 0.492 e. The van der Waals surface area contributed by atoms with Crippen LogP contribution in [-0.4, -0.2) is 25.9 Å². The second-order valence-corrected chi connectivity index (χ2v) is 5.60. The molecule has 0 bridgehead atoms. The van der Waals surface area contributed by atoms with Crippen molar-refractivity contribution in [2.24, 2.45) is 0 Å². The van der Waals surface area contributed by atoms with E-state index in [9.17, 15) is 9.59 Å². The lowest BCUT2D eigenvalue weighted by Gasteiger charge is -2.08. The molecule has 3 aromatic rings. The first-order chi connectivity index (χ1) is 12.7. The molecule has 132 valence electrons. The van der Waals surface area contributed by atoms with E-state index in [-0.39, 0.29) is 25.5 Å². The molecular formula is C19H15NO6. The van der Waals surface area contributed by atoms with Gasteiger partial charge in [0.05, 0.1) is 6.54 Å². The van der Waals surface area contributed by atoms with Gasteiger partial charge in [0.15, 0.2) is 11.5 Å². The fraction of sp³-hybridized carbons (Fsp3) is 0.158. The van der Waals surface area contributed by atoms with Crippen LogP contribution in [0.3, 0.4) is 0 Å². The summed E-state index contributed by atoms with van der Waals surface area (Å²) in [4.78, 5) is 24.2. The topological polar surface area (TPSA) is 87.0 Å². The number of carbonyl (C=O) groups excluding carboxylic acids is 1. The molecule has 4 rings (SSSR count). The Morgan fingerprint density at radius 1 is 1.08 bits per heavy atom. The van der Waals surface area contributed by atoms with Crippen molar-refractivity contribution in [3.8, 4) is 17.2 Å². The van der Waals surface area contributed by atoms with Gasteiger partial charge in [-0.3, -0.25) is 4.79 Å². The van der Waals surface area contributed by atoms with Crippen LogP contribution in [0.4, 0.5) is 0 Å². The van der Waals surface area contributed by atoms with E-state index in [2.05, 4.69) is 5.32 Å². The van der Waals surface area contributed by atoms with Crippen molar-refractivity contribution in [2.45, 2.75) is 0 Å². The molecule has 26 heavy (non-hydrogen) atoms. The number of hydrogen-bond acceptors (Lipinski definition) is 6. The van der Waals surface area contributed by atoms with E-state index < -0.39 is 11.5 Å². The highest BCUT2D eigenvalue weighted by atomic mass is 16.7. The van der Waals surface area contributed by atoms with E-state index in [4.69, 9.17) is 18.6 Å². The van der Waals surface area contributed by atoms with Gasteiger partial charge in [0, 0.05) is 11.5 Å². The highest BCUT2D eigenvalue weighted by molar-refractivity contribution is 5.96. The lowest BCUT2D eigenvalue weighted by atomic mass is 10.2. The Bertz CT molecular complexity index is 1030. The van der Waals surface area contributed by atoms with E-state index in [1.165, 1.54) is 6.07 Å².